The van der Waals surface area contributed by atoms with Crippen molar-refractivity contribution in [1.29, 1.82) is 0 Å². The molecule has 1 unspecified atom stereocenters. The van der Waals surface area contributed by atoms with Crippen LogP contribution in [0.3, 0.4) is 0 Å². The van der Waals surface area contributed by atoms with Gasteiger partial charge in [0.1, 0.15) is 6.10 Å². The summed E-state index contributed by atoms with van der Waals surface area (Å²) >= 11 is 0. The minimum atomic E-state index is -0.496. The van der Waals surface area contributed by atoms with Gasteiger partial charge < -0.3 is 14.4 Å². The van der Waals surface area contributed by atoms with Crippen LogP contribution < -0.4 is 0 Å². The third-order valence-electron chi connectivity index (χ3n) is 4.58. The SMILES string of the molecule is CN(C)C/C=C/C=C/C=C/C1Cn2cc(nn2)CCCCC(=O)OCC/C=C/C=C/C(=O)O1. The van der Waals surface area contributed by atoms with E-state index in [4.69, 9.17) is 9.47 Å². The van der Waals surface area contributed by atoms with E-state index in [0.717, 1.165) is 31.5 Å². The van der Waals surface area contributed by atoms with Crippen LogP contribution in [0.1, 0.15) is 31.4 Å². The molecule has 0 saturated carbocycles. The molecule has 1 aromatic rings. The number of ether oxygens (including phenoxy) is 2. The standard InChI is InChI=1S/C25H34N4O4/c1-28(2)18-12-6-3-4-8-15-23-21-29-20-22(26-27-29)14-10-11-16-24(30)32-19-13-7-5-9-17-25(31)33-23/h3-9,12,15,17,20,23H,10-11,13-14,16,18-19,21H2,1-2H3/b4-3+,7-5+,12-6+,15-8+,17-9+. The van der Waals surface area contributed by atoms with E-state index in [-0.39, 0.29) is 5.97 Å². The van der Waals surface area contributed by atoms with Gasteiger partial charge in [-0.25, -0.2) is 9.48 Å². The zero-order valence-electron chi connectivity index (χ0n) is 19.5. The Bertz CT molecular complexity index is 881. The summed E-state index contributed by atoms with van der Waals surface area (Å²) in [4.78, 5) is 26.1. The van der Waals surface area contributed by atoms with E-state index in [1.54, 1.807) is 16.8 Å². The summed E-state index contributed by atoms with van der Waals surface area (Å²) in [6.07, 6.45) is 22.7. The largest absolute Gasteiger partial charge is 0.465 e. The fraction of sp³-hybridized carbons (Fsp3) is 0.440. The van der Waals surface area contributed by atoms with Crippen LogP contribution in [-0.4, -0.2) is 65.2 Å². The zero-order valence-corrected chi connectivity index (χ0v) is 19.5. The predicted molar refractivity (Wildman–Crippen MR) is 127 cm³/mol. The Kier molecular flexibility index (Phi) is 12.2. The summed E-state index contributed by atoms with van der Waals surface area (Å²) in [7, 11) is 4.02. The average Bonchev–Trinajstić information content (AvgIpc) is 3.21. The number of hydrogen-bond donors (Lipinski definition) is 0. The van der Waals surface area contributed by atoms with Crippen molar-refractivity contribution in [2.24, 2.45) is 0 Å². The van der Waals surface area contributed by atoms with Gasteiger partial charge in [-0.3, -0.25) is 4.79 Å². The molecule has 1 aliphatic rings. The van der Waals surface area contributed by atoms with Gasteiger partial charge in [0.2, 0.25) is 0 Å². The number of aryl methyl sites for hydroxylation is 1. The number of hydrogen-bond acceptors (Lipinski definition) is 7. The molecule has 2 rings (SSSR count). The number of carbonyl (C=O) groups excluding carboxylic acids is 2. The molecule has 0 amide bonds. The average molecular weight is 455 g/mol. The molecule has 8 heteroatoms. The highest BCUT2D eigenvalue weighted by Crippen LogP contribution is 2.07. The maximum absolute atomic E-state index is 12.3. The summed E-state index contributed by atoms with van der Waals surface area (Å²) < 4.78 is 12.5. The Morgan fingerprint density at radius 3 is 2.79 bits per heavy atom. The van der Waals surface area contributed by atoms with Crippen molar-refractivity contribution in [2.45, 2.75) is 44.8 Å². The van der Waals surface area contributed by atoms with Crippen LogP contribution >= 0.6 is 0 Å². The smallest absolute Gasteiger partial charge is 0.331 e. The second-order valence-electron chi connectivity index (χ2n) is 7.87. The number of nitrogens with zero attached hydrogens (tertiary/aromatic N) is 4. The number of cyclic esters (lactones) is 2. The molecule has 0 N–H and O–H groups in total. The van der Waals surface area contributed by atoms with E-state index < -0.39 is 12.1 Å². The lowest BCUT2D eigenvalue weighted by atomic mass is 10.1. The molecule has 2 heterocycles. The monoisotopic (exact) mass is 454 g/mol. The maximum Gasteiger partial charge on any atom is 0.331 e. The van der Waals surface area contributed by atoms with Gasteiger partial charge >= 0.3 is 11.9 Å². The van der Waals surface area contributed by atoms with E-state index in [1.807, 2.05) is 56.7 Å². The number of aromatic nitrogens is 3. The van der Waals surface area contributed by atoms with Crippen LogP contribution in [0, 0.1) is 0 Å². The van der Waals surface area contributed by atoms with Crippen molar-refractivity contribution in [2.75, 3.05) is 27.2 Å². The Labute approximate surface area is 195 Å². The quantitative estimate of drug-likeness (QED) is 0.499. The highest BCUT2D eigenvalue weighted by molar-refractivity contribution is 5.82. The van der Waals surface area contributed by atoms with E-state index in [2.05, 4.69) is 21.3 Å². The maximum atomic E-state index is 12.3. The molecule has 0 saturated heterocycles. The van der Waals surface area contributed by atoms with Crippen LogP contribution in [-0.2, 0) is 32.0 Å². The van der Waals surface area contributed by atoms with Crippen LogP contribution in [0.25, 0.3) is 0 Å². The molecule has 0 aliphatic carbocycles. The van der Waals surface area contributed by atoms with Crippen molar-refractivity contribution in [3.8, 4) is 0 Å². The van der Waals surface area contributed by atoms with Gasteiger partial charge in [0.25, 0.3) is 0 Å². The van der Waals surface area contributed by atoms with E-state index >= 15 is 0 Å². The Hall–Kier alpha value is -3.26. The van der Waals surface area contributed by atoms with Crippen molar-refractivity contribution < 1.29 is 19.1 Å². The highest BCUT2D eigenvalue weighted by Gasteiger charge is 2.12. The molecule has 1 aliphatic heterocycles. The van der Waals surface area contributed by atoms with Crippen LogP contribution in [0.2, 0.25) is 0 Å². The molecule has 0 fully saturated rings. The molecule has 0 spiro atoms. The van der Waals surface area contributed by atoms with Gasteiger partial charge in [-0.15, -0.1) is 5.10 Å². The molecule has 33 heavy (non-hydrogen) atoms. The third-order valence-corrected chi connectivity index (χ3v) is 4.58. The van der Waals surface area contributed by atoms with Crippen molar-refractivity contribution >= 4 is 11.9 Å². The summed E-state index contributed by atoms with van der Waals surface area (Å²) in [6, 6.07) is 0. The second-order valence-corrected chi connectivity index (χ2v) is 7.87. The summed E-state index contributed by atoms with van der Waals surface area (Å²) in [5, 5.41) is 8.34. The zero-order chi connectivity index (χ0) is 23.7. The second kappa shape index (κ2) is 15.5. The van der Waals surface area contributed by atoms with Gasteiger partial charge in [-0.2, -0.15) is 0 Å². The molecule has 0 radical (unpaired) electrons. The van der Waals surface area contributed by atoms with Crippen LogP contribution in [0.5, 0.6) is 0 Å². The first-order chi connectivity index (χ1) is 16.0. The molecular weight excluding hydrogens is 420 g/mol. The number of esters is 2. The highest BCUT2D eigenvalue weighted by atomic mass is 16.5. The fourth-order valence-electron chi connectivity index (χ4n) is 2.92. The molecule has 178 valence electrons. The number of allylic oxidation sites excluding steroid dienone is 6. The molecular formula is C25H34N4O4. The number of rotatable bonds is 5. The first-order valence-electron chi connectivity index (χ1n) is 11.3. The fourth-order valence-corrected chi connectivity index (χ4v) is 2.92. The lowest BCUT2D eigenvalue weighted by molar-refractivity contribution is -0.143. The molecule has 8 nitrogen and oxygen atoms in total. The van der Waals surface area contributed by atoms with Crippen LogP contribution in [0.15, 0.2) is 67.0 Å². The molecule has 1 aromatic heterocycles. The predicted octanol–water partition coefficient (Wildman–Crippen LogP) is 3.19. The molecule has 1 atom stereocenters. The van der Waals surface area contributed by atoms with Gasteiger partial charge in [-0.1, -0.05) is 53.8 Å². The van der Waals surface area contributed by atoms with E-state index in [0.29, 0.717) is 26.0 Å². The van der Waals surface area contributed by atoms with Gasteiger partial charge in [-0.05, 0) is 45.9 Å². The van der Waals surface area contributed by atoms with Gasteiger partial charge in [0.15, 0.2) is 0 Å². The van der Waals surface area contributed by atoms with Crippen molar-refractivity contribution in [3.63, 3.8) is 0 Å². The Balaban J connectivity index is 2.05. The normalized spacial score (nSPS) is 21.6. The topological polar surface area (TPSA) is 86.5 Å². The Morgan fingerprint density at radius 1 is 1.12 bits per heavy atom. The lowest BCUT2D eigenvalue weighted by Gasteiger charge is -2.12. The van der Waals surface area contributed by atoms with Gasteiger partial charge in [0, 0.05) is 25.2 Å². The minimum Gasteiger partial charge on any atom is -0.465 e. The summed E-state index contributed by atoms with van der Waals surface area (Å²) in [5.41, 5.74) is 0.838. The number of carbonyl (C=O) groups is 2. The number of fused-ring (bicyclic) bond motifs is 2. The van der Waals surface area contributed by atoms with E-state index in [9.17, 15) is 9.59 Å². The van der Waals surface area contributed by atoms with Gasteiger partial charge in [0.05, 0.1) is 18.8 Å². The lowest BCUT2D eigenvalue weighted by Crippen LogP contribution is -2.21. The molecule has 0 aromatic carbocycles. The van der Waals surface area contributed by atoms with Crippen LogP contribution in [0.4, 0.5) is 0 Å². The summed E-state index contributed by atoms with van der Waals surface area (Å²) in [6.45, 7) is 1.55. The van der Waals surface area contributed by atoms with Crippen molar-refractivity contribution in [3.05, 3.63) is 72.7 Å². The molecule has 2 bridgehead atoms. The number of likely N-dealkylation sites (N-methyl/N-ethyl adjacent to an activating group) is 1. The first kappa shape index (κ1) is 26.0. The van der Waals surface area contributed by atoms with Crippen molar-refractivity contribution in [1.82, 2.24) is 19.9 Å². The third kappa shape index (κ3) is 12.4. The minimum absolute atomic E-state index is 0.194. The summed E-state index contributed by atoms with van der Waals surface area (Å²) in [5.74, 6) is -0.644. The van der Waals surface area contributed by atoms with E-state index in [1.165, 1.54) is 6.08 Å². The Morgan fingerprint density at radius 2 is 1.94 bits per heavy atom. The first-order valence-corrected chi connectivity index (χ1v) is 11.3.